The molecular formula is C14H24O2Si2. The van der Waals surface area contributed by atoms with E-state index in [1.165, 1.54) is 12.1 Å². The third kappa shape index (κ3) is 3.11. The molecule has 2 nitrogen and oxygen atoms in total. The SMILES string of the molecule is CC(=O)c1c(O)cc([Si](C)(C)C)cc1[Si](C)(C)C. The molecule has 0 aliphatic carbocycles. The predicted octanol–water partition coefficient (Wildman–Crippen LogP) is 2.69. The molecule has 0 saturated heterocycles. The van der Waals surface area contributed by atoms with Gasteiger partial charge in [0.15, 0.2) is 5.78 Å². The van der Waals surface area contributed by atoms with Crippen LogP contribution < -0.4 is 10.4 Å². The minimum Gasteiger partial charge on any atom is -0.507 e. The Labute approximate surface area is 112 Å². The number of carbonyl (C=O) groups excluding carboxylic acids is 1. The Kier molecular flexibility index (Phi) is 3.93. The van der Waals surface area contributed by atoms with E-state index in [1.807, 2.05) is 0 Å². The first-order chi connectivity index (χ1) is 7.94. The van der Waals surface area contributed by atoms with Gasteiger partial charge in [0.1, 0.15) is 5.75 Å². The van der Waals surface area contributed by atoms with Gasteiger partial charge in [-0.2, -0.15) is 0 Å². The van der Waals surface area contributed by atoms with Crippen molar-refractivity contribution in [2.75, 3.05) is 0 Å². The monoisotopic (exact) mass is 280 g/mol. The molecule has 1 N–H and O–H groups in total. The van der Waals surface area contributed by atoms with Gasteiger partial charge in [-0.05, 0) is 18.2 Å². The highest BCUT2D eigenvalue weighted by molar-refractivity contribution is 6.92. The molecular weight excluding hydrogens is 256 g/mol. The molecule has 1 aromatic rings. The number of ketones is 1. The lowest BCUT2D eigenvalue weighted by atomic mass is 10.1. The van der Waals surface area contributed by atoms with E-state index in [0.717, 1.165) is 5.19 Å². The van der Waals surface area contributed by atoms with Gasteiger partial charge in [-0.25, -0.2) is 0 Å². The summed E-state index contributed by atoms with van der Waals surface area (Å²) in [7, 11) is -3.12. The quantitative estimate of drug-likeness (QED) is 0.683. The largest absolute Gasteiger partial charge is 0.507 e. The predicted molar refractivity (Wildman–Crippen MR) is 84.1 cm³/mol. The van der Waals surface area contributed by atoms with Crippen LogP contribution in [0.5, 0.6) is 5.75 Å². The number of phenolic OH excluding ortho intramolecular Hbond substituents is 1. The second-order valence-corrected chi connectivity index (χ2v) is 17.1. The van der Waals surface area contributed by atoms with Crippen molar-refractivity contribution < 1.29 is 9.90 Å². The van der Waals surface area contributed by atoms with Gasteiger partial charge in [-0.15, -0.1) is 0 Å². The molecule has 0 saturated carbocycles. The zero-order valence-electron chi connectivity index (χ0n) is 12.5. The fourth-order valence-corrected chi connectivity index (χ4v) is 4.96. The van der Waals surface area contributed by atoms with Crippen molar-refractivity contribution in [3.63, 3.8) is 0 Å². The summed E-state index contributed by atoms with van der Waals surface area (Å²) < 4.78 is 0. The zero-order chi connectivity index (χ0) is 14.3. The molecule has 0 heterocycles. The molecule has 100 valence electrons. The highest BCUT2D eigenvalue weighted by atomic mass is 28.3. The summed E-state index contributed by atoms with van der Waals surface area (Å²) in [4.78, 5) is 11.8. The summed E-state index contributed by atoms with van der Waals surface area (Å²) in [5, 5.41) is 12.5. The van der Waals surface area contributed by atoms with Crippen molar-refractivity contribution in [1.29, 1.82) is 0 Å². The second kappa shape index (κ2) is 4.66. The summed E-state index contributed by atoms with van der Waals surface area (Å²) >= 11 is 0. The van der Waals surface area contributed by atoms with Gasteiger partial charge in [-0.3, -0.25) is 4.79 Å². The molecule has 1 rings (SSSR count). The minimum atomic E-state index is -1.64. The first-order valence-electron chi connectivity index (χ1n) is 6.33. The zero-order valence-corrected chi connectivity index (χ0v) is 14.5. The Morgan fingerprint density at radius 3 is 1.83 bits per heavy atom. The Morgan fingerprint density at radius 1 is 1.00 bits per heavy atom. The lowest BCUT2D eigenvalue weighted by Gasteiger charge is -2.25. The average molecular weight is 281 g/mol. The van der Waals surface area contributed by atoms with Crippen molar-refractivity contribution in [3.8, 4) is 5.75 Å². The molecule has 4 heteroatoms. The molecule has 0 spiro atoms. The highest BCUT2D eigenvalue weighted by Crippen LogP contribution is 2.19. The van der Waals surface area contributed by atoms with Gasteiger partial charge in [0.05, 0.1) is 21.7 Å². The lowest BCUT2D eigenvalue weighted by Crippen LogP contribution is -2.47. The summed E-state index contributed by atoms with van der Waals surface area (Å²) in [5.74, 6) is 0.131. The number of phenols is 1. The number of benzene rings is 1. The number of aromatic hydroxyl groups is 1. The average Bonchev–Trinajstić information content (AvgIpc) is 2.12. The maximum atomic E-state index is 11.8. The van der Waals surface area contributed by atoms with Crippen molar-refractivity contribution in [3.05, 3.63) is 17.7 Å². The van der Waals surface area contributed by atoms with E-state index >= 15 is 0 Å². The van der Waals surface area contributed by atoms with Crippen LogP contribution in [0, 0.1) is 0 Å². The normalized spacial score (nSPS) is 12.6. The van der Waals surface area contributed by atoms with Gasteiger partial charge in [0, 0.05) is 0 Å². The first kappa shape index (κ1) is 15.2. The number of Topliss-reactive ketones (excluding diaryl/α,β-unsaturated/α-hetero) is 1. The number of hydrogen-bond donors (Lipinski definition) is 1. The van der Waals surface area contributed by atoms with Crippen LogP contribution in [0.1, 0.15) is 17.3 Å². The molecule has 0 fully saturated rings. The van der Waals surface area contributed by atoms with Crippen molar-refractivity contribution in [1.82, 2.24) is 0 Å². The summed E-state index contributed by atoms with van der Waals surface area (Å²) in [6.45, 7) is 14.9. The van der Waals surface area contributed by atoms with E-state index in [4.69, 9.17) is 0 Å². The van der Waals surface area contributed by atoms with E-state index in [1.54, 1.807) is 6.07 Å². The Morgan fingerprint density at radius 2 is 1.50 bits per heavy atom. The molecule has 0 aliphatic heterocycles. The molecule has 0 bridgehead atoms. The third-order valence-corrected chi connectivity index (χ3v) is 7.17. The van der Waals surface area contributed by atoms with Crippen LogP contribution in [-0.4, -0.2) is 27.0 Å². The van der Waals surface area contributed by atoms with Crippen molar-refractivity contribution in [2.45, 2.75) is 46.2 Å². The van der Waals surface area contributed by atoms with Crippen molar-refractivity contribution in [2.24, 2.45) is 0 Å². The van der Waals surface area contributed by atoms with Gasteiger partial charge in [-0.1, -0.05) is 50.5 Å². The fourth-order valence-electron chi connectivity index (χ4n) is 2.02. The summed E-state index contributed by atoms with van der Waals surface area (Å²) in [6.07, 6.45) is 0. The van der Waals surface area contributed by atoms with E-state index in [9.17, 15) is 9.90 Å². The standard InChI is InChI=1S/C14H24O2Si2/c1-10(15)14-12(16)8-11(17(2,3)4)9-13(14)18(5,6)7/h8-9,16H,1-7H3. The highest BCUT2D eigenvalue weighted by Gasteiger charge is 2.28. The molecule has 0 amide bonds. The van der Waals surface area contributed by atoms with Gasteiger partial charge < -0.3 is 5.11 Å². The molecule has 0 aliphatic rings. The second-order valence-electron chi connectivity index (χ2n) is 6.97. The molecule has 0 unspecified atom stereocenters. The van der Waals surface area contributed by atoms with Crippen LogP contribution in [0.2, 0.25) is 39.3 Å². The van der Waals surface area contributed by atoms with Crippen LogP contribution in [0.25, 0.3) is 0 Å². The molecule has 0 radical (unpaired) electrons. The van der Waals surface area contributed by atoms with Gasteiger partial charge >= 0.3 is 0 Å². The number of hydrogen-bond acceptors (Lipinski definition) is 2. The van der Waals surface area contributed by atoms with Gasteiger partial charge in [0.25, 0.3) is 0 Å². The Balaban J connectivity index is 3.64. The van der Waals surface area contributed by atoms with Gasteiger partial charge in [0.2, 0.25) is 0 Å². The molecule has 18 heavy (non-hydrogen) atoms. The van der Waals surface area contributed by atoms with E-state index < -0.39 is 16.1 Å². The maximum absolute atomic E-state index is 11.8. The van der Waals surface area contributed by atoms with Crippen molar-refractivity contribution >= 4 is 32.3 Å². The van der Waals surface area contributed by atoms with E-state index in [-0.39, 0.29) is 11.5 Å². The Hall–Kier alpha value is -0.876. The molecule has 1 aromatic carbocycles. The topological polar surface area (TPSA) is 37.3 Å². The van der Waals surface area contributed by atoms with Crippen LogP contribution in [0.3, 0.4) is 0 Å². The number of carbonyl (C=O) groups is 1. The fraction of sp³-hybridized carbons (Fsp3) is 0.500. The van der Waals surface area contributed by atoms with Crippen LogP contribution >= 0.6 is 0 Å². The summed E-state index contributed by atoms with van der Waals surface area (Å²) in [6, 6.07) is 3.97. The van der Waals surface area contributed by atoms with Crippen LogP contribution in [-0.2, 0) is 0 Å². The lowest BCUT2D eigenvalue weighted by molar-refractivity contribution is 0.101. The molecule has 0 aromatic heterocycles. The minimum absolute atomic E-state index is 0.0351. The smallest absolute Gasteiger partial charge is 0.163 e. The third-order valence-electron chi connectivity index (χ3n) is 3.14. The Bertz CT molecular complexity index is 480. The van der Waals surface area contributed by atoms with Crippen LogP contribution in [0.4, 0.5) is 0 Å². The maximum Gasteiger partial charge on any atom is 0.163 e. The van der Waals surface area contributed by atoms with Crippen LogP contribution in [0.15, 0.2) is 12.1 Å². The number of rotatable bonds is 3. The summed E-state index contributed by atoms with van der Waals surface area (Å²) in [5.41, 5.74) is 0.538. The van der Waals surface area contributed by atoms with E-state index in [2.05, 4.69) is 45.3 Å². The molecule has 0 atom stereocenters. The van der Waals surface area contributed by atoms with E-state index in [0.29, 0.717) is 5.56 Å². The first-order valence-corrected chi connectivity index (χ1v) is 13.3.